The molecule has 0 fully saturated rings. The Kier molecular flexibility index (Phi) is 4.71. The minimum absolute atomic E-state index is 0.0656. The lowest BCUT2D eigenvalue weighted by atomic mass is 10.0. The van der Waals surface area contributed by atoms with Crippen molar-refractivity contribution < 1.29 is 4.52 Å². The van der Waals surface area contributed by atoms with Gasteiger partial charge >= 0.3 is 0 Å². The van der Waals surface area contributed by atoms with E-state index in [1.54, 1.807) is 0 Å². The summed E-state index contributed by atoms with van der Waals surface area (Å²) in [7, 11) is 0. The molecule has 1 unspecified atom stereocenters. The van der Waals surface area contributed by atoms with E-state index in [1.165, 1.54) is 0 Å². The van der Waals surface area contributed by atoms with Crippen LogP contribution in [-0.2, 0) is 6.42 Å². The molecule has 0 radical (unpaired) electrons. The van der Waals surface area contributed by atoms with Gasteiger partial charge in [0, 0.05) is 22.5 Å². The lowest BCUT2D eigenvalue weighted by molar-refractivity contribution is 0.359. The standard InChI is InChI=1S/C14H18BrN3O/c1-9(2)6-12(16)8-13-17-14(18-19-13)10-4-3-5-11(15)7-10/h3-5,7,9,12H,6,8,16H2,1-2H3. The zero-order chi connectivity index (χ0) is 13.8. The summed E-state index contributed by atoms with van der Waals surface area (Å²) < 4.78 is 6.25. The van der Waals surface area contributed by atoms with Crippen LogP contribution >= 0.6 is 15.9 Å². The van der Waals surface area contributed by atoms with Crippen molar-refractivity contribution in [3.63, 3.8) is 0 Å². The maximum absolute atomic E-state index is 6.04. The van der Waals surface area contributed by atoms with Gasteiger partial charge in [-0.1, -0.05) is 47.1 Å². The number of hydrogen-bond donors (Lipinski definition) is 1. The fourth-order valence-corrected chi connectivity index (χ4v) is 2.39. The first-order valence-corrected chi connectivity index (χ1v) is 7.18. The number of aromatic nitrogens is 2. The van der Waals surface area contributed by atoms with Crippen molar-refractivity contribution >= 4 is 15.9 Å². The smallest absolute Gasteiger partial charge is 0.228 e. The van der Waals surface area contributed by atoms with Crippen LogP contribution in [0, 0.1) is 5.92 Å². The van der Waals surface area contributed by atoms with Crippen LogP contribution in [0.4, 0.5) is 0 Å². The van der Waals surface area contributed by atoms with Crippen molar-refractivity contribution in [1.82, 2.24) is 10.1 Å². The largest absolute Gasteiger partial charge is 0.339 e. The third kappa shape index (κ3) is 4.14. The summed E-state index contributed by atoms with van der Waals surface area (Å²) in [5.41, 5.74) is 6.98. The maximum Gasteiger partial charge on any atom is 0.228 e. The molecule has 102 valence electrons. The third-order valence-electron chi connectivity index (χ3n) is 2.76. The minimum atomic E-state index is 0.0656. The molecule has 4 nitrogen and oxygen atoms in total. The van der Waals surface area contributed by atoms with Crippen molar-refractivity contribution in [2.45, 2.75) is 32.7 Å². The predicted octanol–water partition coefficient (Wildman–Crippen LogP) is 3.42. The van der Waals surface area contributed by atoms with Gasteiger partial charge in [0.2, 0.25) is 11.7 Å². The molecule has 5 heteroatoms. The second-order valence-electron chi connectivity index (χ2n) is 5.12. The normalized spacial score (nSPS) is 12.9. The Morgan fingerprint density at radius 1 is 1.37 bits per heavy atom. The molecular formula is C14H18BrN3O. The molecule has 1 aromatic carbocycles. The molecule has 0 saturated heterocycles. The van der Waals surface area contributed by atoms with Crippen LogP contribution < -0.4 is 5.73 Å². The van der Waals surface area contributed by atoms with Gasteiger partial charge in [0.1, 0.15) is 0 Å². The van der Waals surface area contributed by atoms with E-state index in [2.05, 4.69) is 39.9 Å². The Morgan fingerprint density at radius 2 is 2.16 bits per heavy atom. The van der Waals surface area contributed by atoms with Gasteiger partial charge in [0.25, 0.3) is 0 Å². The zero-order valence-electron chi connectivity index (χ0n) is 11.1. The van der Waals surface area contributed by atoms with Crippen LogP contribution in [0.15, 0.2) is 33.3 Å². The molecule has 0 spiro atoms. The van der Waals surface area contributed by atoms with Crippen LogP contribution in [-0.4, -0.2) is 16.2 Å². The molecule has 2 N–H and O–H groups in total. The molecule has 0 bridgehead atoms. The molecule has 0 aliphatic rings. The summed E-state index contributed by atoms with van der Waals surface area (Å²) in [4.78, 5) is 4.39. The van der Waals surface area contributed by atoms with Crippen molar-refractivity contribution in [2.24, 2.45) is 11.7 Å². The molecule has 1 aromatic heterocycles. The topological polar surface area (TPSA) is 64.9 Å². The Bertz CT molecular complexity index is 539. The quantitative estimate of drug-likeness (QED) is 0.915. The lowest BCUT2D eigenvalue weighted by Crippen LogP contribution is -2.24. The second-order valence-corrected chi connectivity index (χ2v) is 6.03. The SMILES string of the molecule is CC(C)CC(N)Cc1nc(-c2cccc(Br)c2)no1. The first-order valence-electron chi connectivity index (χ1n) is 6.38. The monoisotopic (exact) mass is 323 g/mol. The van der Waals surface area contributed by atoms with E-state index in [0.717, 1.165) is 16.5 Å². The average molecular weight is 324 g/mol. The Hall–Kier alpha value is -1.20. The number of nitrogens with two attached hydrogens (primary N) is 1. The summed E-state index contributed by atoms with van der Waals surface area (Å²) in [6.45, 7) is 4.31. The second kappa shape index (κ2) is 6.30. The van der Waals surface area contributed by atoms with Gasteiger partial charge in [0.05, 0.1) is 0 Å². The van der Waals surface area contributed by atoms with Crippen LogP contribution in [0.25, 0.3) is 11.4 Å². The third-order valence-corrected chi connectivity index (χ3v) is 3.26. The number of hydrogen-bond acceptors (Lipinski definition) is 4. The molecule has 19 heavy (non-hydrogen) atoms. The Labute approximate surface area is 121 Å². The molecule has 2 rings (SSSR count). The average Bonchev–Trinajstić information content (AvgIpc) is 2.76. The van der Waals surface area contributed by atoms with Crippen molar-refractivity contribution in [2.75, 3.05) is 0 Å². The highest BCUT2D eigenvalue weighted by atomic mass is 79.9. The van der Waals surface area contributed by atoms with Crippen LogP contribution in [0.2, 0.25) is 0 Å². The first kappa shape index (κ1) is 14.2. The van der Waals surface area contributed by atoms with E-state index in [1.807, 2.05) is 24.3 Å². The lowest BCUT2D eigenvalue weighted by Gasteiger charge is -2.10. The molecule has 0 aliphatic heterocycles. The minimum Gasteiger partial charge on any atom is -0.339 e. The van der Waals surface area contributed by atoms with Gasteiger partial charge in [-0.3, -0.25) is 0 Å². The number of rotatable bonds is 5. The summed E-state index contributed by atoms with van der Waals surface area (Å²) in [6.07, 6.45) is 1.58. The molecule has 1 atom stereocenters. The zero-order valence-corrected chi connectivity index (χ0v) is 12.7. The van der Waals surface area contributed by atoms with Gasteiger partial charge in [0.15, 0.2) is 0 Å². The highest BCUT2D eigenvalue weighted by molar-refractivity contribution is 9.10. The molecule has 0 amide bonds. The highest BCUT2D eigenvalue weighted by Gasteiger charge is 2.13. The Balaban J connectivity index is 2.07. The van der Waals surface area contributed by atoms with Crippen molar-refractivity contribution in [3.05, 3.63) is 34.6 Å². The van der Waals surface area contributed by atoms with Gasteiger partial charge in [-0.15, -0.1) is 0 Å². The van der Waals surface area contributed by atoms with Crippen LogP contribution in [0.5, 0.6) is 0 Å². The summed E-state index contributed by atoms with van der Waals surface area (Å²) >= 11 is 3.43. The fourth-order valence-electron chi connectivity index (χ4n) is 2.00. The van der Waals surface area contributed by atoms with E-state index in [9.17, 15) is 0 Å². The van der Waals surface area contributed by atoms with Gasteiger partial charge < -0.3 is 10.3 Å². The summed E-state index contributed by atoms with van der Waals surface area (Å²) in [5.74, 6) is 1.78. The number of halogens is 1. The van der Waals surface area contributed by atoms with Crippen molar-refractivity contribution in [3.8, 4) is 11.4 Å². The summed E-state index contributed by atoms with van der Waals surface area (Å²) in [6, 6.07) is 7.88. The van der Waals surface area contributed by atoms with E-state index < -0.39 is 0 Å². The number of benzene rings is 1. The van der Waals surface area contributed by atoms with Crippen LogP contribution in [0.1, 0.15) is 26.2 Å². The van der Waals surface area contributed by atoms with Gasteiger partial charge in [-0.25, -0.2) is 0 Å². The molecule has 1 heterocycles. The first-order chi connectivity index (χ1) is 9.04. The fraction of sp³-hybridized carbons (Fsp3) is 0.429. The van der Waals surface area contributed by atoms with E-state index in [-0.39, 0.29) is 6.04 Å². The molecule has 0 aliphatic carbocycles. The molecule has 0 saturated carbocycles. The molecular weight excluding hydrogens is 306 g/mol. The summed E-state index contributed by atoms with van der Waals surface area (Å²) in [5, 5.41) is 4.00. The highest BCUT2D eigenvalue weighted by Crippen LogP contribution is 2.20. The maximum atomic E-state index is 6.04. The van der Waals surface area contributed by atoms with E-state index in [4.69, 9.17) is 10.3 Å². The van der Waals surface area contributed by atoms with Gasteiger partial charge in [-0.05, 0) is 24.5 Å². The Morgan fingerprint density at radius 3 is 2.84 bits per heavy atom. The van der Waals surface area contributed by atoms with E-state index >= 15 is 0 Å². The van der Waals surface area contributed by atoms with Crippen LogP contribution in [0.3, 0.4) is 0 Å². The molecule has 2 aromatic rings. The van der Waals surface area contributed by atoms with Gasteiger partial charge in [-0.2, -0.15) is 4.98 Å². The number of nitrogens with zero attached hydrogens (tertiary/aromatic N) is 2. The van der Waals surface area contributed by atoms with E-state index in [0.29, 0.717) is 24.1 Å². The van der Waals surface area contributed by atoms with Crippen molar-refractivity contribution in [1.29, 1.82) is 0 Å². The predicted molar refractivity (Wildman–Crippen MR) is 78.6 cm³/mol.